The van der Waals surface area contributed by atoms with Crippen molar-refractivity contribution in [1.29, 1.82) is 0 Å². The molecule has 8 nitrogen and oxygen atoms in total. The molecular weight excluding hydrogens is 457 g/mol. The number of halogens is 2. The van der Waals surface area contributed by atoms with Crippen LogP contribution in [0.2, 0.25) is 0 Å². The van der Waals surface area contributed by atoms with Crippen molar-refractivity contribution in [3.05, 3.63) is 74.7 Å². The molecule has 1 aliphatic heterocycles. The zero-order valence-corrected chi connectivity index (χ0v) is 16.9. The fourth-order valence-electron chi connectivity index (χ4n) is 3.09. The second-order valence-corrected chi connectivity index (χ2v) is 7.53. The van der Waals surface area contributed by atoms with Crippen LogP contribution < -0.4 is 21.5 Å². The summed E-state index contributed by atoms with van der Waals surface area (Å²) in [6.45, 7) is 0. The number of carbonyl (C=O) groups is 2. The van der Waals surface area contributed by atoms with Gasteiger partial charge in [0.15, 0.2) is 0 Å². The van der Waals surface area contributed by atoms with Crippen molar-refractivity contribution in [1.82, 2.24) is 9.97 Å². The molecule has 0 aliphatic carbocycles. The van der Waals surface area contributed by atoms with E-state index < -0.39 is 29.1 Å². The monoisotopic (exact) mass is 471 g/mol. The summed E-state index contributed by atoms with van der Waals surface area (Å²) in [5.41, 5.74) is 0.551. The minimum absolute atomic E-state index is 0.00979. The third-order valence-corrected chi connectivity index (χ3v) is 5.01. The van der Waals surface area contributed by atoms with Crippen molar-refractivity contribution in [2.75, 3.05) is 16.0 Å². The maximum absolute atomic E-state index is 13.1. The molecule has 30 heavy (non-hydrogen) atoms. The SMILES string of the molecule is O=C1CC(C(=O)Nc2ccc(Br)cc2)c2c(nc(Nc3ccc(F)cc3)[nH]c2=O)N1. The molecule has 2 heterocycles. The van der Waals surface area contributed by atoms with E-state index in [9.17, 15) is 18.8 Å². The predicted molar refractivity (Wildman–Crippen MR) is 113 cm³/mol. The second kappa shape index (κ2) is 8.07. The molecule has 0 fully saturated rings. The molecule has 1 aromatic heterocycles. The quantitative estimate of drug-likeness (QED) is 0.464. The van der Waals surface area contributed by atoms with E-state index in [1.54, 1.807) is 24.3 Å². The summed E-state index contributed by atoms with van der Waals surface area (Å²) >= 11 is 3.32. The Bertz CT molecular complexity index is 1180. The highest BCUT2D eigenvalue weighted by Crippen LogP contribution is 2.30. The molecule has 2 aromatic carbocycles. The van der Waals surface area contributed by atoms with Crippen molar-refractivity contribution in [2.45, 2.75) is 12.3 Å². The van der Waals surface area contributed by atoms with Crippen molar-refractivity contribution in [3.8, 4) is 0 Å². The van der Waals surface area contributed by atoms with E-state index in [1.807, 2.05) is 0 Å². The van der Waals surface area contributed by atoms with Gasteiger partial charge in [-0.25, -0.2) is 4.39 Å². The molecule has 0 radical (unpaired) electrons. The van der Waals surface area contributed by atoms with E-state index in [4.69, 9.17) is 0 Å². The molecular formula is C20H15BrFN5O3. The van der Waals surface area contributed by atoms with Gasteiger partial charge in [-0.3, -0.25) is 19.4 Å². The molecule has 2 amide bonds. The summed E-state index contributed by atoms with van der Waals surface area (Å²) in [4.78, 5) is 44.4. The molecule has 3 aromatic rings. The van der Waals surface area contributed by atoms with E-state index in [-0.39, 0.29) is 23.8 Å². The largest absolute Gasteiger partial charge is 0.326 e. The number of carbonyl (C=O) groups excluding carboxylic acids is 2. The molecule has 0 spiro atoms. The van der Waals surface area contributed by atoms with Crippen LogP contribution in [0.15, 0.2) is 57.8 Å². The van der Waals surface area contributed by atoms with Crippen LogP contribution in [0.3, 0.4) is 0 Å². The van der Waals surface area contributed by atoms with E-state index in [0.29, 0.717) is 11.4 Å². The lowest BCUT2D eigenvalue weighted by Crippen LogP contribution is -2.36. The molecule has 4 rings (SSSR count). The van der Waals surface area contributed by atoms with Crippen LogP contribution in [-0.4, -0.2) is 21.8 Å². The first-order valence-corrected chi connectivity index (χ1v) is 9.71. The third-order valence-electron chi connectivity index (χ3n) is 4.49. The Balaban J connectivity index is 1.62. The van der Waals surface area contributed by atoms with Gasteiger partial charge in [0.05, 0.1) is 11.5 Å². The Hall–Kier alpha value is -3.53. The highest BCUT2D eigenvalue weighted by atomic mass is 79.9. The lowest BCUT2D eigenvalue weighted by atomic mass is 9.92. The number of nitrogens with zero attached hydrogens (tertiary/aromatic N) is 1. The Labute approximate surface area is 178 Å². The Morgan fingerprint density at radius 2 is 1.73 bits per heavy atom. The van der Waals surface area contributed by atoms with Crippen molar-refractivity contribution < 1.29 is 14.0 Å². The normalized spacial score (nSPS) is 15.1. The standard InChI is InChI=1S/C20H15BrFN5O3/c21-10-1-5-12(6-2-10)23-18(29)14-9-15(28)25-17-16(14)19(30)27-20(26-17)24-13-7-3-11(22)4-8-13/h1-8,14H,9H2,(H,23,29)(H3,24,25,26,27,28,30). The summed E-state index contributed by atoms with van der Waals surface area (Å²) in [5, 5.41) is 8.09. The van der Waals surface area contributed by atoms with Gasteiger partial charge in [0.1, 0.15) is 11.6 Å². The van der Waals surface area contributed by atoms with E-state index in [0.717, 1.165) is 4.47 Å². The van der Waals surface area contributed by atoms with Crippen LogP contribution in [0.1, 0.15) is 17.9 Å². The molecule has 1 unspecified atom stereocenters. The third kappa shape index (κ3) is 4.23. The smallest absolute Gasteiger partial charge is 0.258 e. The number of amides is 2. The molecule has 152 valence electrons. The topological polar surface area (TPSA) is 116 Å². The predicted octanol–water partition coefficient (Wildman–Crippen LogP) is 3.48. The lowest BCUT2D eigenvalue weighted by Gasteiger charge is -2.23. The fourth-order valence-corrected chi connectivity index (χ4v) is 3.35. The van der Waals surface area contributed by atoms with E-state index in [2.05, 4.69) is 41.8 Å². The molecule has 1 aliphatic rings. The number of H-pyrrole nitrogens is 1. The van der Waals surface area contributed by atoms with Crippen molar-refractivity contribution in [2.24, 2.45) is 0 Å². The van der Waals surface area contributed by atoms with Crippen molar-refractivity contribution >= 4 is 50.9 Å². The number of aromatic nitrogens is 2. The fraction of sp³-hybridized carbons (Fsp3) is 0.100. The summed E-state index contributed by atoms with van der Waals surface area (Å²) in [6.07, 6.45) is -0.176. The van der Waals surface area contributed by atoms with Crippen molar-refractivity contribution in [3.63, 3.8) is 0 Å². The maximum Gasteiger partial charge on any atom is 0.258 e. The molecule has 0 saturated carbocycles. The van der Waals surface area contributed by atoms with Crippen LogP contribution >= 0.6 is 15.9 Å². The molecule has 4 N–H and O–H groups in total. The number of nitrogens with one attached hydrogen (secondary N) is 4. The highest BCUT2D eigenvalue weighted by molar-refractivity contribution is 9.10. The number of rotatable bonds is 4. The van der Waals surface area contributed by atoms with Gasteiger partial charge in [0.25, 0.3) is 5.56 Å². The highest BCUT2D eigenvalue weighted by Gasteiger charge is 2.34. The lowest BCUT2D eigenvalue weighted by molar-refractivity contribution is -0.123. The zero-order chi connectivity index (χ0) is 21.3. The van der Waals surface area contributed by atoms with Crippen LogP contribution in [0.4, 0.5) is 27.5 Å². The summed E-state index contributed by atoms with van der Waals surface area (Å²) in [5.74, 6) is -2.24. The summed E-state index contributed by atoms with van der Waals surface area (Å²) in [7, 11) is 0. The van der Waals surface area contributed by atoms with E-state index >= 15 is 0 Å². The Morgan fingerprint density at radius 3 is 2.43 bits per heavy atom. The van der Waals surface area contributed by atoms with E-state index in [1.165, 1.54) is 24.3 Å². The number of fused-ring (bicyclic) bond motifs is 1. The number of hydrogen-bond donors (Lipinski definition) is 4. The van der Waals surface area contributed by atoms with Gasteiger partial charge >= 0.3 is 0 Å². The van der Waals surface area contributed by atoms with Crippen LogP contribution in [-0.2, 0) is 9.59 Å². The molecule has 0 bridgehead atoms. The van der Waals surface area contributed by atoms with Crippen LogP contribution in [0, 0.1) is 5.82 Å². The van der Waals surface area contributed by atoms with Gasteiger partial charge in [0, 0.05) is 22.3 Å². The van der Waals surface area contributed by atoms with Gasteiger partial charge in [-0.2, -0.15) is 4.98 Å². The number of benzene rings is 2. The number of hydrogen-bond acceptors (Lipinski definition) is 5. The Morgan fingerprint density at radius 1 is 1.07 bits per heavy atom. The van der Waals surface area contributed by atoms with Gasteiger partial charge in [-0.15, -0.1) is 0 Å². The molecule has 10 heteroatoms. The van der Waals surface area contributed by atoms with Gasteiger partial charge in [0.2, 0.25) is 17.8 Å². The van der Waals surface area contributed by atoms with Crippen LogP contribution in [0.5, 0.6) is 0 Å². The molecule has 0 saturated heterocycles. The van der Waals surface area contributed by atoms with Gasteiger partial charge < -0.3 is 16.0 Å². The zero-order valence-electron chi connectivity index (χ0n) is 15.3. The minimum atomic E-state index is -0.992. The van der Waals surface area contributed by atoms with Gasteiger partial charge in [-0.05, 0) is 48.5 Å². The number of anilines is 4. The van der Waals surface area contributed by atoms with Crippen LogP contribution in [0.25, 0.3) is 0 Å². The average molecular weight is 472 g/mol. The summed E-state index contributed by atoms with van der Waals surface area (Å²) < 4.78 is 13.9. The first-order valence-electron chi connectivity index (χ1n) is 8.92. The first kappa shape index (κ1) is 19.8. The average Bonchev–Trinajstić information content (AvgIpc) is 2.70. The molecule has 1 atom stereocenters. The summed E-state index contributed by atoms with van der Waals surface area (Å²) in [6, 6.07) is 12.4. The number of aromatic amines is 1. The van der Waals surface area contributed by atoms with Gasteiger partial charge in [-0.1, -0.05) is 15.9 Å². The maximum atomic E-state index is 13.1. The Kier molecular flexibility index (Phi) is 5.32. The first-order chi connectivity index (χ1) is 14.4. The minimum Gasteiger partial charge on any atom is -0.326 e. The second-order valence-electron chi connectivity index (χ2n) is 6.61.